The Morgan fingerprint density at radius 3 is 2.29 bits per heavy atom. The highest BCUT2D eigenvalue weighted by molar-refractivity contribution is 6.34. The van der Waals surface area contributed by atoms with E-state index in [-0.39, 0.29) is 11.3 Å². The predicted molar refractivity (Wildman–Crippen MR) is 65.5 cm³/mol. The number of aromatic hydroxyl groups is 1. The zero-order valence-electron chi connectivity index (χ0n) is 8.72. The molecule has 0 spiro atoms. The molecule has 0 aliphatic rings. The summed E-state index contributed by atoms with van der Waals surface area (Å²) in [5.74, 6) is -1.50. The number of aromatic carboxylic acids is 1. The first-order chi connectivity index (χ1) is 8.11. The van der Waals surface area contributed by atoms with E-state index < -0.39 is 5.97 Å². The van der Waals surface area contributed by atoms with Crippen LogP contribution in [0.15, 0.2) is 42.5 Å². The molecular weight excluding hydrogens is 240 g/mol. The molecule has 86 valence electrons. The summed E-state index contributed by atoms with van der Waals surface area (Å²) < 4.78 is 0. The summed E-state index contributed by atoms with van der Waals surface area (Å²) in [6, 6.07) is 11.6. The highest BCUT2D eigenvalue weighted by atomic mass is 35.5. The van der Waals surface area contributed by atoms with Gasteiger partial charge >= 0.3 is 5.97 Å². The maximum absolute atomic E-state index is 11.1. The standard InChI is InChI=1S/C13H9ClO3/c14-9-6-7-10(15)12(13(16)17)11(9)8-4-2-1-3-5-8/h1-7,15H,(H,16,17). The number of benzene rings is 2. The molecule has 0 saturated carbocycles. The molecule has 0 unspecified atom stereocenters. The van der Waals surface area contributed by atoms with Crippen LogP contribution in [0.3, 0.4) is 0 Å². The first kappa shape index (κ1) is 11.5. The molecule has 0 aliphatic heterocycles. The van der Waals surface area contributed by atoms with Crippen molar-refractivity contribution in [3.63, 3.8) is 0 Å². The Hall–Kier alpha value is -2.00. The van der Waals surface area contributed by atoms with Crippen molar-refractivity contribution in [2.24, 2.45) is 0 Å². The normalized spacial score (nSPS) is 10.2. The molecule has 4 heteroatoms. The number of halogens is 1. The van der Waals surface area contributed by atoms with Gasteiger partial charge in [-0.05, 0) is 17.7 Å². The number of hydrogen-bond acceptors (Lipinski definition) is 2. The van der Waals surface area contributed by atoms with Gasteiger partial charge in [0.1, 0.15) is 11.3 Å². The van der Waals surface area contributed by atoms with Gasteiger partial charge < -0.3 is 10.2 Å². The van der Waals surface area contributed by atoms with Crippen LogP contribution in [0, 0.1) is 0 Å². The van der Waals surface area contributed by atoms with Gasteiger partial charge in [0, 0.05) is 10.6 Å². The second-order valence-corrected chi connectivity index (χ2v) is 3.89. The van der Waals surface area contributed by atoms with Crippen molar-refractivity contribution in [1.29, 1.82) is 0 Å². The van der Waals surface area contributed by atoms with Gasteiger partial charge in [0.05, 0.1) is 0 Å². The molecule has 0 saturated heterocycles. The van der Waals surface area contributed by atoms with Crippen molar-refractivity contribution in [3.05, 3.63) is 53.1 Å². The lowest BCUT2D eigenvalue weighted by Crippen LogP contribution is -2.00. The molecule has 0 radical (unpaired) electrons. The van der Waals surface area contributed by atoms with Gasteiger partial charge in [-0.1, -0.05) is 41.9 Å². The second kappa shape index (κ2) is 4.47. The number of carbonyl (C=O) groups is 1. The number of rotatable bonds is 2. The molecule has 0 fully saturated rings. The first-order valence-electron chi connectivity index (χ1n) is 4.91. The lowest BCUT2D eigenvalue weighted by Gasteiger charge is -2.10. The Labute approximate surface area is 103 Å². The van der Waals surface area contributed by atoms with E-state index in [2.05, 4.69) is 0 Å². The summed E-state index contributed by atoms with van der Waals surface area (Å²) in [7, 11) is 0. The molecule has 2 N–H and O–H groups in total. The zero-order chi connectivity index (χ0) is 12.4. The van der Waals surface area contributed by atoms with E-state index in [1.54, 1.807) is 24.3 Å². The van der Waals surface area contributed by atoms with Crippen LogP contribution in [0.25, 0.3) is 11.1 Å². The summed E-state index contributed by atoms with van der Waals surface area (Å²) in [5.41, 5.74) is 0.814. The molecule has 0 aromatic heterocycles. The Morgan fingerprint density at radius 2 is 1.71 bits per heavy atom. The average molecular weight is 249 g/mol. The quantitative estimate of drug-likeness (QED) is 0.856. The van der Waals surface area contributed by atoms with Crippen LogP contribution < -0.4 is 0 Å². The van der Waals surface area contributed by atoms with E-state index in [4.69, 9.17) is 16.7 Å². The minimum atomic E-state index is -1.20. The van der Waals surface area contributed by atoms with Crippen LogP contribution >= 0.6 is 11.6 Å². The average Bonchev–Trinajstić information content (AvgIpc) is 2.32. The minimum absolute atomic E-state index is 0.177. The predicted octanol–water partition coefficient (Wildman–Crippen LogP) is 3.41. The van der Waals surface area contributed by atoms with Crippen LogP contribution in [0.4, 0.5) is 0 Å². The maximum atomic E-state index is 11.1. The molecule has 0 heterocycles. The monoisotopic (exact) mass is 248 g/mol. The Balaban J connectivity index is 2.76. The molecule has 2 aromatic carbocycles. The number of phenols is 1. The lowest BCUT2D eigenvalue weighted by atomic mass is 9.99. The summed E-state index contributed by atoms with van der Waals surface area (Å²) in [4.78, 5) is 11.1. The highest BCUT2D eigenvalue weighted by Gasteiger charge is 2.19. The third-order valence-corrected chi connectivity index (χ3v) is 2.72. The highest BCUT2D eigenvalue weighted by Crippen LogP contribution is 2.36. The van der Waals surface area contributed by atoms with Crippen LogP contribution in [-0.2, 0) is 0 Å². The SMILES string of the molecule is O=C(O)c1c(O)ccc(Cl)c1-c1ccccc1. The molecule has 3 nitrogen and oxygen atoms in total. The molecule has 17 heavy (non-hydrogen) atoms. The lowest BCUT2D eigenvalue weighted by molar-refractivity contribution is 0.0694. The number of carboxylic acids is 1. The zero-order valence-corrected chi connectivity index (χ0v) is 9.48. The molecule has 2 aromatic rings. The van der Waals surface area contributed by atoms with Gasteiger partial charge in [-0.3, -0.25) is 0 Å². The Bertz CT molecular complexity index is 564. The Morgan fingerprint density at radius 1 is 1.06 bits per heavy atom. The van der Waals surface area contributed by atoms with E-state index in [1.807, 2.05) is 6.07 Å². The van der Waals surface area contributed by atoms with E-state index in [0.717, 1.165) is 0 Å². The second-order valence-electron chi connectivity index (χ2n) is 3.49. The maximum Gasteiger partial charge on any atom is 0.340 e. The van der Waals surface area contributed by atoms with Gasteiger partial charge in [0.2, 0.25) is 0 Å². The van der Waals surface area contributed by atoms with Crippen molar-refractivity contribution in [3.8, 4) is 16.9 Å². The molecule has 0 bridgehead atoms. The molecule has 0 aliphatic carbocycles. The van der Waals surface area contributed by atoms with Gasteiger partial charge in [0.25, 0.3) is 0 Å². The van der Waals surface area contributed by atoms with Gasteiger partial charge in [-0.2, -0.15) is 0 Å². The van der Waals surface area contributed by atoms with Crippen LogP contribution in [0.2, 0.25) is 5.02 Å². The van der Waals surface area contributed by atoms with Crippen LogP contribution in [0.5, 0.6) is 5.75 Å². The van der Waals surface area contributed by atoms with Crippen molar-refractivity contribution in [1.82, 2.24) is 0 Å². The third-order valence-electron chi connectivity index (χ3n) is 2.41. The molecule has 0 amide bonds. The van der Waals surface area contributed by atoms with Crippen molar-refractivity contribution in [2.75, 3.05) is 0 Å². The van der Waals surface area contributed by atoms with Crippen LogP contribution in [-0.4, -0.2) is 16.2 Å². The summed E-state index contributed by atoms with van der Waals surface area (Å²) in [6.07, 6.45) is 0. The summed E-state index contributed by atoms with van der Waals surface area (Å²) >= 11 is 6.01. The fourth-order valence-corrected chi connectivity index (χ4v) is 1.94. The van der Waals surface area contributed by atoms with E-state index in [0.29, 0.717) is 16.1 Å². The largest absolute Gasteiger partial charge is 0.507 e. The summed E-state index contributed by atoms with van der Waals surface area (Å²) in [6.45, 7) is 0. The Kier molecular flexibility index (Phi) is 3.02. The van der Waals surface area contributed by atoms with Crippen molar-refractivity contribution in [2.45, 2.75) is 0 Å². The first-order valence-corrected chi connectivity index (χ1v) is 5.29. The van der Waals surface area contributed by atoms with Crippen molar-refractivity contribution >= 4 is 17.6 Å². The van der Waals surface area contributed by atoms with E-state index in [1.165, 1.54) is 12.1 Å². The molecular formula is C13H9ClO3. The van der Waals surface area contributed by atoms with Crippen molar-refractivity contribution < 1.29 is 15.0 Å². The smallest absolute Gasteiger partial charge is 0.340 e. The fraction of sp³-hybridized carbons (Fsp3) is 0. The fourth-order valence-electron chi connectivity index (χ4n) is 1.67. The van der Waals surface area contributed by atoms with E-state index in [9.17, 15) is 9.90 Å². The number of hydrogen-bond donors (Lipinski definition) is 2. The number of carboxylic acid groups (broad SMARTS) is 1. The third kappa shape index (κ3) is 2.10. The van der Waals surface area contributed by atoms with Crippen LogP contribution in [0.1, 0.15) is 10.4 Å². The molecule has 0 atom stereocenters. The van der Waals surface area contributed by atoms with Gasteiger partial charge in [-0.15, -0.1) is 0 Å². The van der Waals surface area contributed by atoms with Gasteiger partial charge in [-0.25, -0.2) is 4.79 Å². The molecule has 2 rings (SSSR count). The van der Waals surface area contributed by atoms with E-state index >= 15 is 0 Å². The minimum Gasteiger partial charge on any atom is -0.507 e. The topological polar surface area (TPSA) is 57.5 Å². The van der Waals surface area contributed by atoms with Gasteiger partial charge in [0.15, 0.2) is 0 Å². The summed E-state index contributed by atoms with van der Waals surface area (Å²) in [5, 5.41) is 19.0.